The molecule has 3 rings (SSSR count). The first-order valence-corrected chi connectivity index (χ1v) is 7.76. The monoisotopic (exact) mass is 298 g/mol. The lowest BCUT2D eigenvalue weighted by Crippen LogP contribution is -2.48. The summed E-state index contributed by atoms with van der Waals surface area (Å²) in [4.78, 5) is 22.1. The fourth-order valence-electron chi connectivity index (χ4n) is 2.93. The van der Waals surface area contributed by atoms with Gasteiger partial charge in [-0.25, -0.2) is 9.97 Å². The molecule has 0 unspecified atom stereocenters. The number of nitrogens with one attached hydrogen (secondary N) is 1. The predicted octanol–water partition coefficient (Wildman–Crippen LogP) is 2.21. The molecule has 1 aliphatic rings. The van der Waals surface area contributed by atoms with Crippen molar-refractivity contribution in [3.63, 3.8) is 0 Å². The molecule has 2 heterocycles. The Kier molecular flexibility index (Phi) is 3.96. The van der Waals surface area contributed by atoms with Gasteiger partial charge in [0.25, 0.3) is 0 Å². The van der Waals surface area contributed by atoms with Crippen LogP contribution in [0.3, 0.4) is 0 Å². The maximum Gasteiger partial charge on any atom is 0.216 e. The summed E-state index contributed by atoms with van der Waals surface area (Å²) in [6, 6.07) is 4.31. The van der Waals surface area contributed by atoms with Crippen LogP contribution < -0.4 is 10.2 Å². The van der Waals surface area contributed by atoms with E-state index >= 15 is 0 Å². The first-order valence-electron chi connectivity index (χ1n) is 7.76. The molecular formula is C17H22N4O. The number of hydrogen-bond donors (Lipinski definition) is 1. The molecule has 0 atom stereocenters. The fraction of sp³-hybridized carbons (Fsp3) is 0.471. The quantitative estimate of drug-likeness (QED) is 0.940. The molecule has 1 N–H and O–H groups in total. The summed E-state index contributed by atoms with van der Waals surface area (Å²) in [5.41, 5.74) is 3.54. The molecule has 1 aromatic heterocycles. The van der Waals surface area contributed by atoms with E-state index < -0.39 is 0 Å². The lowest BCUT2D eigenvalue weighted by molar-refractivity contribution is -0.119. The van der Waals surface area contributed by atoms with Crippen molar-refractivity contribution in [2.24, 2.45) is 5.92 Å². The van der Waals surface area contributed by atoms with Crippen molar-refractivity contribution in [2.45, 2.75) is 27.2 Å². The van der Waals surface area contributed by atoms with Crippen molar-refractivity contribution in [1.29, 1.82) is 0 Å². The Labute approximate surface area is 130 Å². The highest BCUT2D eigenvalue weighted by Crippen LogP contribution is 2.31. The van der Waals surface area contributed by atoms with Crippen LogP contribution in [0.1, 0.15) is 24.5 Å². The van der Waals surface area contributed by atoms with E-state index in [1.807, 2.05) is 0 Å². The molecule has 1 aromatic carbocycles. The van der Waals surface area contributed by atoms with Gasteiger partial charge < -0.3 is 10.2 Å². The summed E-state index contributed by atoms with van der Waals surface area (Å²) in [5, 5.41) is 3.99. The van der Waals surface area contributed by atoms with Gasteiger partial charge in [0, 0.05) is 31.9 Å². The molecule has 0 spiro atoms. The SMILES string of the molecule is CC(=O)NCCC1CN(c2ncnc3cc(C)c(C)cc23)C1. The van der Waals surface area contributed by atoms with Crippen LogP contribution in [0.2, 0.25) is 0 Å². The fourth-order valence-corrected chi connectivity index (χ4v) is 2.93. The Morgan fingerprint density at radius 2 is 2.00 bits per heavy atom. The summed E-state index contributed by atoms with van der Waals surface area (Å²) in [6.07, 6.45) is 2.67. The number of aryl methyl sites for hydroxylation is 2. The Morgan fingerprint density at radius 1 is 1.27 bits per heavy atom. The van der Waals surface area contributed by atoms with Crippen molar-refractivity contribution in [3.05, 3.63) is 29.6 Å². The minimum Gasteiger partial charge on any atom is -0.356 e. The van der Waals surface area contributed by atoms with Crippen molar-refractivity contribution in [1.82, 2.24) is 15.3 Å². The van der Waals surface area contributed by atoms with Gasteiger partial charge in [-0.3, -0.25) is 4.79 Å². The molecule has 5 nitrogen and oxygen atoms in total. The van der Waals surface area contributed by atoms with Crippen LogP contribution in [0.5, 0.6) is 0 Å². The zero-order chi connectivity index (χ0) is 15.7. The maximum absolute atomic E-state index is 10.9. The number of carbonyl (C=O) groups is 1. The van der Waals surface area contributed by atoms with Crippen LogP contribution in [-0.4, -0.2) is 35.5 Å². The third-order valence-electron chi connectivity index (χ3n) is 4.41. The molecule has 0 radical (unpaired) electrons. The highest BCUT2D eigenvalue weighted by Gasteiger charge is 2.28. The molecule has 2 aromatic rings. The molecule has 116 valence electrons. The molecule has 22 heavy (non-hydrogen) atoms. The lowest BCUT2D eigenvalue weighted by atomic mass is 9.95. The van der Waals surface area contributed by atoms with Crippen LogP contribution in [0, 0.1) is 19.8 Å². The number of amides is 1. The van der Waals surface area contributed by atoms with Gasteiger partial charge in [-0.1, -0.05) is 0 Å². The molecule has 0 aliphatic carbocycles. The smallest absolute Gasteiger partial charge is 0.216 e. The van der Waals surface area contributed by atoms with Crippen LogP contribution in [0.4, 0.5) is 5.82 Å². The third kappa shape index (κ3) is 2.89. The van der Waals surface area contributed by atoms with Gasteiger partial charge in [0.05, 0.1) is 5.52 Å². The highest BCUT2D eigenvalue weighted by atomic mass is 16.1. The molecule has 1 amide bonds. The minimum atomic E-state index is 0.0452. The van der Waals surface area contributed by atoms with E-state index in [0.29, 0.717) is 5.92 Å². The van der Waals surface area contributed by atoms with Gasteiger partial charge in [-0.15, -0.1) is 0 Å². The predicted molar refractivity (Wildman–Crippen MR) is 88.0 cm³/mol. The highest BCUT2D eigenvalue weighted by molar-refractivity contribution is 5.90. The van der Waals surface area contributed by atoms with Crippen LogP contribution >= 0.6 is 0 Å². The number of rotatable bonds is 4. The van der Waals surface area contributed by atoms with Crippen molar-refractivity contribution >= 4 is 22.6 Å². The summed E-state index contributed by atoms with van der Waals surface area (Å²) in [5.74, 6) is 1.70. The van der Waals surface area contributed by atoms with Crippen molar-refractivity contribution in [3.8, 4) is 0 Å². The molecule has 1 fully saturated rings. The van der Waals surface area contributed by atoms with Gasteiger partial charge in [-0.05, 0) is 49.4 Å². The number of carbonyl (C=O) groups excluding carboxylic acids is 1. The second-order valence-corrected chi connectivity index (χ2v) is 6.19. The average Bonchev–Trinajstić information content (AvgIpc) is 2.42. The van der Waals surface area contributed by atoms with Crippen molar-refractivity contribution < 1.29 is 4.79 Å². The second kappa shape index (κ2) is 5.91. The first kappa shape index (κ1) is 14.8. The number of nitrogens with zero attached hydrogens (tertiary/aromatic N) is 3. The molecule has 0 saturated carbocycles. The standard InChI is InChI=1S/C17H22N4O/c1-11-6-15-16(7-12(11)2)19-10-20-17(15)21-8-14(9-21)4-5-18-13(3)22/h6-7,10,14H,4-5,8-9H2,1-3H3,(H,18,22). The minimum absolute atomic E-state index is 0.0452. The number of anilines is 1. The van der Waals surface area contributed by atoms with Gasteiger partial charge >= 0.3 is 0 Å². The van der Waals surface area contributed by atoms with Gasteiger partial charge in [0.2, 0.25) is 5.91 Å². The maximum atomic E-state index is 10.9. The second-order valence-electron chi connectivity index (χ2n) is 6.19. The molecule has 0 bridgehead atoms. The van der Waals surface area contributed by atoms with Crippen LogP contribution in [0.25, 0.3) is 10.9 Å². The van der Waals surface area contributed by atoms with E-state index in [1.54, 1.807) is 13.3 Å². The third-order valence-corrected chi connectivity index (χ3v) is 4.41. The Bertz CT molecular complexity index is 707. The summed E-state index contributed by atoms with van der Waals surface area (Å²) in [7, 11) is 0. The Balaban J connectivity index is 1.70. The molecule has 1 aliphatic heterocycles. The summed E-state index contributed by atoms with van der Waals surface area (Å²) < 4.78 is 0. The summed E-state index contributed by atoms with van der Waals surface area (Å²) >= 11 is 0. The Hall–Kier alpha value is -2.17. The number of benzene rings is 1. The van der Waals surface area contributed by atoms with E-state index in [-0.39, 0.29) is 5.91 Å². The zero-order valence-corrected chi connectivity index (χ0v) is 13.4. The summed E-state index contributed by atoms with van der Waals surface area (Å²) in [6.45, 7) is 8.55. The number of aromatic nitrogens is 2. The van der Waals surface area contributed by atoms with E-state index in [1.165, 1.54) is 11.1 Å². The van der Waals surface area contributed by atoms with E-state index in [4.69, 9.17) is 0 Å². The molecular weight excluding hydrogens is 276 g/mol. The topological polar surface area (TPSA) is 58.1 Å². The van der Waals surface area contributed by atoms with Gasteiger partial charge in [0.15, 0.2) is 0 Å². The van der Waals surface area contributed by atoms with Gasteiger partial charge in [0.1, 0.15) is 12.1 Å². The van der Waals surface area contributed by atoms with E-state index in [9.17, 15) is 4.79 Å². The van der Waals surface area contributed by atoms with Gasteiger partial charge in [-0.2, -0.15) is 0 Å². The van der Waals surface area contributed by atoms with E-state index in [0.717, 1.165) is 42.8 Å². The van der Waals surface area contributed by atoms with Crippen LogP contribution in [-0.2, 0) is 4.79 Å². The largest absolute Gasteiger partial charge is 0.356 e. The van der Waals surface area contributed by atoms with E-state index in [2.05, 4.69) is 46.2 Å². The Morgan fingerprint density at radius 3 is 2.73 bits per heavy atom. The van der Waals surface area contributed by atoms with Crippen molar-refractivity contribution in [2.75, 3.05) is 24.5 Å². The molecule has 5 heteroatoms. The zero-order valence-electron chi connectivity index (χ0n) is 13.4. The first-order chi connectivity index (χ1) is 10.5. The average molecular weight is 298 g/mol. The number of hydrogen-bond acceptors (Lipinski definition) is 4. The number of fused-ring (bicyclic) bond motifs is 1. The lowest BCUT2D eigenvalue weighted by Gasteiger charge is -2.40. The molecule has 1 saturated heterocycles. The normalized spacial score (nSPS) is 15.0. The van der Waals surface area contributed by atoms with Crippen LogP contribution in [0.15, 0.2) is 18.5 Å².